The van der Waals surface area contributed by atoms with E-state index in [-0.39, 0.29) is 18.9 Å². The molecule has 0 bridgehead atoms. The highest BCUT2D eigenvalue weighted by atomic mass is 19.1. The number of carbonyl (C=O) groups excluding carboxylic acids is 2. The maximum absolute atomic E-state index is 13.5. The Kier molecular flexibility index (Phi) is 5.06. The molecule has 0 saturated heterocycles. The highest BCUT2D eigenvalue weighted by molar-refractivity contribution is 5.92. The van der Waals surface area contributed by atoms with Crippen LogP contribution in [0.3, 0.4) is 0 Å². The summed E-state index contributed by atoms with van der Waals surface area (Å²) in [6.45, 7) is 3.47. The molecule has 1 aliphatic rings. The molecule has 6 nitrogen and oxygen atoms in total. The van der Waals surface area contributed by atoms with Crippen molar-refractivity contribution in [2.24, 2.45) is 0 Å². The third-order valence-corrected chi connectivity index (χ3v) is 3.96. The van der Waals surface area contributed by atoms with Gasteiger partial charge in [-0.3, -0.25) is 4.79 Å². The van der Waals surface area contributed by atoms with Gasteiger partial charge in [0.1, 0.15) is 5.82 Å². The molecule has 1 aliphatic heterocycles. The molecule has 0 radical (unpaired) electrons. The Balaban J connectivity index is 1.54. The van der Waals surface area contributed by atoms with Crippen LogP contribution >= 0.6 is 0 Å². The number of fused-ring (bicyclic) bond motifs is 1. The zero-order chi connectivity index (χ0) is 18.7. The van der Waals surface area contributed by atoms with Crippen LogP contribution in [0.2, 0.25) is 0 Å². The first-order valence-corrected chi connectivity index (χ1v) is 8.07. The maximum atomic E-state index is 13.5. The molecular weight excluding hydrogens is 341 g/mol. The minimum Gasteiger partial charge on any atom is -0.454 e. The number of hydrogen-bond acceptors (Lipinski definition) is 5. The summed E-state index contributed by atoms with van der Waals surface area (Å²) < 4.78 is 29.1. The number of ether oxygens (including phenoxy) is 3. The van der Waals surface area contributed by atoms with E-state index in [4.69, 9.17) is 14.2 Å². The first-order valence-electron chi connectivity index (χ1n) is 8.07. The second-order valence-electron chi connectivity index (χ2n) is 5.92. The molecule has 3 rings (SSSR count). The lowest BCUT2D eigenvalue weighted by Gasteiger charge is -2.14. The van der Waals surface area contributed by atoms with E-state index in [0.29, 0.717) is 17.1 Å². The fraction of sp³-hybridized carbons (Fsp3) is 0.263. The Morgan fingerprint density at radius 2 is 1.96 bits per heavy atom. The van der Waals surface area contributed by atoms with Crippen LogP contribution in [0.25, 0.3) is 0 Å². The number of esters is 1. The molecule has 0 spiro atoms. The van der Waals surface area contributed by atoms with Gasteiger partial charge >= 0.3 is 5.97 Å². The van der Waals surface area contributed by atoms with Crippen molar-refractivity contribution in [3.63, 3.8) is 0 Å². The van der Waals surface area contributed by atoms with Crippen molar-refractivity contribution >= 4 is 11.9 Å². The summed E-state index contributed by atoms with van der Waals surface area (Å²) in [5.74, 6) is -0.428. The molecular formula is C19H18FNO5. The minimum absolute atomic E-state index is 0.0588. The van der Waals surface area contributed by atoms with Gasteiger partial charge in [-0.05, 0) is 49.2 Å². The lowest BCUT2D eigenvalue weighted by molar-refractivity contribution is -0.129. The maximum Gasteiger partial charge on any atom is 0.339 e. The first-order chi connectivity index (χ1) is 12.4. The zero-order valence-corrected chi connectivity index (χ0v) is 14.4. The second kappa shape index (κ2) is 7.43. The highest BCUT2D eigenvalue weighted by Gasteiger charge is 2.20. The average Bonchev–Trinajstić information content (AvgIpc) is 3.09. The monoisotopic (exact) mass is 359 g/mol. The van der Waals surface area contributed by atoms with Gasteiger partial charge in [0.25, 0.3) is 5.91 Å². The molecule has 136 valence electrons. The predicted molar refractivity (Wildman–Crippen MR) is 90.4 cm³/mol. The third kappa shape index (κ3) is 3.93. The van der Waals surface area contributed by atoms with Crippen LogP contribution in [-0.2, 0) is 16.1 Å². The van der Waals surface area contributed by atoms with E-state index in [1.807, 2.05) is 0 Å². The lowest BCUT2D eigenvalue weighted by Crippen LogP contribution is -2.35. The Hall–Kier alpha value is -3.09. The van der Waals surface area contributed by atoms with Gasteiger partial charge in [-0.2, -0.15) is 0 Å². The third-order valence-electron chi connectivity index (χ3n) is 3.96. The van der Waals surface area contributed by atoms with Crippen molar-refractivity contribution in [3.05, 3.63) is 58.9 Å². The molecule has 0 aliphatic carbocycles. The number of nitrogens with one attached hydrogen (secondary N) is 1. The van der Waals surface area contributed by atoms with Crippen LogP contribution in [0.4, 0.5) is 4.39 Å². The summed E-state index contributed by atoms with van der Waals surface area (Å²) in [6, 6.07) is 9.37. The van der Waals surface area contributed by atoms with Crippen LogP contribution in [0, 0.1) is 12.7 Å². The fourth-order valence-corrected chi connectivity index (χ4v) is 2.39. The van der Waals surface area contributed by atoms with Crippen molar-refractivity contribution in [1.29, 1.82) is 0 Å². The smallest absolute Gasteiger partial charge is 0.339 e. The number of benzene rings is 2. The van der Waals surface area contributed by atoms with Crippen molar-refractivity contribution in [1.82, 2.24) is 5.32 Å². The van der Waals surface area contributed by atoms with Gasteiger partial charge in [-0.25, -0.2) is 9.18 Å². The molecule has 2 aromatic carbocycles. The van der Waals surface area contributed by atoms with E-state index >= 15 is 0 Å². The van der Waals surface area contributed by atoms with Crippen LogP contribution in [0.1, 0.15) is 28.4 Å². The summed E-state index contributed by atoms with van der Waals surface area (Å²) in [5.41, 5.74) is 1.31. The van der Waals surface area contributed by atoms with Crippen LogP contribution in [0.5, 0.6) is 11.5 Å². The molecule has 7 heteroatoms. The summed E-state index contributed by atoms with van der Waals surface area (Å²) in [5, 5.41) is 2.68. The molecule has 1 atom stereocenters. The second-order valence-corrected chi connectivity index (χ2v) is 5.92. The number of carbonyl (C=O) groups is 2. The Morgan fingerprint density at radius 1 is 1.19 bits per heavy atom. The van der Waals surface area contributed by atoms with Crippen molar-refractivity contribution in [2.75, 3.05) is 6.79 Å². The molecule has 0 saturated carbocycles. The van der Waals surface area contributed by atoms with E-state index in [9.17, 15) is 14.0 Å². The topological polar surface area (TPSA) is 73.9 Å². The molecule has 0 unspecified atom stereocenters. The number of rotatable bonds is 5. The van der Waals surface area contributed by atoms with Gasteiger partial charge in [0.05, 0.1) is 5.56 Å². The van der Waals surface area contributed by atoms with Crippen molar-refractivity contribution < 1.29 is 28.2 Å². The van der Waals surface area contributed by atoms with Crippen LogP contribution in [0.15, 0.2) is 36.4 Å². The molecule has 1 amide bonds. The van der Waals surface area contributed by atoms with Gasteiger partial charge in [-0.1, -0.05) is 12.1 Å². The molecule has 0 fully saturated rings. The average molecular weight is 359 g/mol. The minimum atomic E-state index is -1.01. The normalized spacial score (nSPS) is 13.2. The van der Waals surface area contributed by atoms with Crippen molar-refractivity contribution in [2.45, 2.75) is 26.5 Å². The first kappa shape index (κ1) is 17.7. The van der Waals surface area contributed by atoms with Gasteiger partial charge < -0.3 is 19.5 Å². The van der Waals surface area contributed by atoms with Crippen molar-refractivity contribution in [3.8, 4) is 11.5 Å². The van der Waals surface area contributed by atoms with Gasteiger partial charge in [0.2, 0.25) is 6.79 Å². The molecule has 1 N–H and O–H groups in total. The molecule has 2 aromatic rings. The summed E-state index contributed by atoms with van der Waals surface area (Å²) >= 11 is 0. The van der Waals surface area contributed by atoms with Gasteiger partial charge in [-0.15, -0.1) is 0 Å². The van der Waals surface area contributed by atoms with Gasteiger partial charge in [0, 0.05) is 6.54 Å². The number of aryl methyl sites for hydroxylation is 1. The van der Waals surface area contributed by atoms with E-state index < -0.39 is 23.8 Å². The number of halogens is 1. The summed E-state index contributed by atoms with van der Waals surface area (Å²) in [4.78, 5) is 24.1. The van der Waals surface area contributed by atoms with E-state index in [1.54, 1.807) is 25.1 Å². The van der Waals surface area contributed by atoms with E-state index in [2.05, 4.69) is 5.32 Å². The highest BCUT2D eigenvalue weighted by Crippen LogP contribution is 2.32. The quantitative estimate of drug-likeness (QED) is 0.831. The van der Waals surface area contributed by atoms with Gasteiger partial charge in [0.15, 0.2) is 17.6 Å². The Labute approximate surface area is 149 Å². The summed E-state index contributed by atoms with van der Waals surface area (Å²) in [6.07, 6.45) is -1.01. The predicted octanol–water partition coefficient (Wildman–Crippen LogP) is 2.72. The Morgan fingerprint density at radius 3 is 2.73 bits per heavy atom. The largest absolute Gasteiger partial charge is 0.454 e. The van der Waals surface area contributed by atoms with Crippen LogP contribution in [-0.4, -0.2) is 24.8 Å². The fourth-order valence-electron chi connectivity index (χ4n) is 2.39. The zero-order valence-electron chi connectivity index (χ0n) is 14.4. The molecule has 1 heterocycles. The van der Waals surface area contributed by atoms with E-state index in [1.165, 1.54) is 19.1 Å². The SMILES string of the molecule is Cc1ccc(C(=O)O[C@H](C)C(=O)NCc2ccc3c(c2)OCO3)cc1F. The molecule has 26 heavy (non-hydrogen) atoms. The summed E-state index contributed by atoms with van der Waals surface area (Å²) in [7, 11) is 0. The Bertz CT molecular complexity index is 852. The lowest BCUT2D eigenvalue weighted by atomic mass is 10.1. The number of amides is 1. The standard InChI is InChI=1S/C19H18FNO5/c1-11-3-5-14(8-15(11)20)19(23)26-12(2)18(22)21-9-13-4-6-16-17(7-13)25-10-24-16/h3-8,12H,9-10H2,1-2H3,(H,21,22)/t12-/m1/s1. The van der Waals surface area contributed by atoms with Crippen LogP contribution < -0.4 is 14.8 Å². The molecule has 0 aromatic heterocycles. The number of hydrogen-bond donors (Lipinski definition) is 1. The van der Waals surface area contributed by atoms with E-state index in [0.717, 1.165) is 11.6 Å².